The highest BCUT2D eigenvalue weighted by Crippen LogP contribution is 2.22. The molecule has 1 atom stereocenters. The largest absolute Gasteiger partial charge is 0.491 e. The molecule has 1 heterocycles. The van der Waals surface area contributed by atoms with Gasteiger partial charge in [0.25, 0.3) is 0 Å². The number of aliphatic hydroxyl groups is 1. The van der Waals surface area contributed by atoms with Gasteiger partial charge in [-0.15, -0.1) is 11.3 Å². The minimum Gasteiger partial charge on any atom is -0.491 e. The Labute approximate surface area is 225 Å². The van der Waals surface area contributed by atoms with E-state index < -0.39 is 6.10 Å². The van der Waals surface area contributed by atoms with Crippen molar-refractivity contribution in [1.29, 1.82) is 5.26 Å². The Bertz CT molecular complexity index is 1350. The summed E-state index contributed by atoms with van der Waals surface area (Å²) in [4.78, 5) is 17.0. The second-order valence-corrected chi connectivity index (χ2v) is 9.47. The van der Waals surface area contributed by atoms with Gasteiger partial charge in [-0.3, -0.25) is 4.79 Å². The molecular formula is C29H29N5O3S. The van der Waals surface area contributed by atoms with Crippen molar-refractivity contribution in [2.75, 3.05) is 30.3 Å². The molecule has 0 unspecified atom stereocenters. The first kappa shape index (κ1) is 26.8. The van der Waals surface area contributed by atoms with Crippen molar-refractivity contribution in [3.63, 3.8) is 0 Å². The lowest BCUT2D eigenvalue weighted by molar-refractivity contribution is -0.115. The van der Waals surface area contributed by atoms with Crippen molar-refractivity contribution in [3.05, 3.63) is 101 Å². The summed E-state index contributed by atoms with van der Waals surface area (Å²) < 4.78 is 5.56. The van der Waals surface area contributed by atoms with E-state index in [1.54, 1.807) is 18.2 Å². The van der Waals surface area contributed by atoms with Crippen molar-refractivity contribution in [3.8, 4) is 11.8 Å². The Kier molecular flexibility index (Phi) is 9.82. The van der Waals surface area contributed by atoms with Crippen LogP contribution < -0.4 is 20.7 Å². The molecule has 0 aliphatic carbocycles. The molecule has 0 saturated heterocycles. The first-order chi connectivity index (χ1) is 18.6. The summed E-state index contributed by atoms with van der Waals surface area (Å²) in [6.45, 7) is 1.40. The molecule has 0 bridgehead atoms. The lowest BCUT2D eigenvalue weighted by atomic mass is 10.1. The number of aliphatic hydroxyl groups excluding tert-OH is 1. The fraction of sp³-hybridized carbons (Fsp3) is 0.207. The van der Waals surface area contributed by atoms with E-state index in [1.807, 2.05) is 66.0 Å². The number of hydrogen-bond acceptors (Lipinski definition) is 8. The first-order valence-electron chi connectivity index (χ1n) is 12.2. The predicted molar refractivity (Wildman–Crippen MR) is 150 cm³/mol. The molecule has 4 aromatic rings. The van der Waals surface area contributed by atoms with Gasteiger partial charge in [-0.2, -0.15) is 5.26 Å². The maximum absolute atomic E-state index is 12.5. The average Bonchev–Trinajstić information content (AvgIpc) is 3.37. The molecule has 0 saturated carbocycles. The monoisotopic (exact) mass is 527 g/mol. The smallest absolute Gasteiger partial charge is 0.230 e. The summed E-state index contributed by atoms with van der Waals surface area (Å²) >= 11 is 1.41. The van der Waals surface area contributed by atoms with Crippen LogP contribution in [0.4, 0.5) is 16.5 Å². The third-order valence-electron chi connectivity index (χ3n) is 5.53. The van der Waals surface area contributed by atoms with Gasteiger partial charge >= 0.3 is 0 Å². The summed E-state index contributed by atoms with van der Waals surface area (Å²) in [6.07, 6.45) is 0.372. The number of hydrogen-bond donors (Lipinski definition) is 4. The second kappa shape index (κ2) is 13.9. The Hall–Kier alpha value is -4.23. The quantitative estimate of drug-likeness (QED) is 0.189. The molecule has 4 rings (SSSR count). The lowest BCUT2D eigenvalue weighted by Gasteiger charge is -2.13. The lowest BCUT2D eigenvalue weighted by Crippen LogP contribution is -2.32. The Morgan fingerprint density at radius 3 is 2.66 bits per heavy atom. The number of thiazole rings is 1. The SMILES string of the molecule is N#Cc1cccc(Nc2nc(CC(=O)Nc3ccc(CCNC[C@H](O)COc4ccccc4)cc3)cs2)c1. The fourth-order valence-electron chi connectivity index (χ4n) is 3.63. The van der Waals surface area contributed by atoms with Crippen LogP contribution >= 0.6 is 11.3 Å². The zero-order valence-electron chi connectivity index (χ0n) is 20.8. The average molecular weight is 528 g/mol. The molecule has 0 aliphatic heterocycles. The molecule has 8 nitrogen and oxygen atoms in total. The van der Waals surface area contributed by atoms with Crippen LogP contribution in [-0.4, -0.2) is 41.8 Å². The van der Waals surface area contributed by atoms with Gasteiger partial charge < -0.3 is 25.8 Å². The van der Waals surface area contributed by atoms with Gasteiger partial charge in [-0.25, -0.2) is 4.98 Å². The van der Waals surface area contributed by atoms with Gasteiger partial charge in [0, 0.05) is 23.3 Å². The van der Waals surface area contributed by atoms with Gasteiger partial charge in [0.1, 0.15) is 18.5 Å². The van der Waals surface area contributed by atoms with Gasteiger partial charge in [0.2, 0.25) is 5.91 Å². The highest BCUT2D eigenvalue weighted by atomic mass is 32.1. The highest BCUT2D eigenvalue weighted by molar-refractivity contribution is 7.13. The van der Waals surface area contributed by atoms with E-state index in [1.165, 1.54) is 11.3 Å². The van der Waals surface area contributed by atoms with Crippen molar-refractivity contribution in [1.82, 2.24) is 10.3 Å². The Morgan fingerprint density at radius 2 is 1.87 bits per heavy atom. The van der Waals surface area contributed by atoms with E-state index in [2.05, 4.69) is 27.0 Å². The van der Waals surface area contributed by atoms with E-state index >= 15 is 0 Å². The molecule has 38 heavy (non-hydrogen) atoms. The number of rotatable bonds is 13. The number of nitrogens with one attached hydrogen (secondary N) is 3. The van der Waals surface area contributed by atoms with E-state index in [-0.39, 0.29) is 18.9 Å². The molecule has 0 radical (unpaired) electrons. The molecule has 1 amide bonds. The number of anilines is 3. The molecule has 0 aliphatic rings. The fourth-order valence-corrected chi connectivity index (χ4v) is 4.36. The maximum Gasteiger partial charge on any atom is 0.230 e. The van der Waals surface area contributed by atoms with Crippen molar-refractivity contribution in [2.45, 2.75) is 18.9 Å². The highest BCUT2D eigenvalue weighted by Gasteiger charge is 2.09. The van der Waals surface area contributed by atoms with E-state index in [0.717, 1.165) is 35.7 Å². The second-order valence-electron chi connectivity index (χ2n) is 8.62. The summed E-state index contributed by atoms with van der Waals surface area (Å²) in [6, 6.07) is 26.4. The van der Waals surface area contributed by atoms with Crippen LogP contribution in [0.25, 0.3) is 0 Å². The molecule has 3 aromatic carbocycles. The number of para-hydroxylation sites is 1. The van der Waals surface area contributed by atoms with E-state index in [0.29, 0.717) is 22.9 Å². The van der Waals surface area contributed by atoms with Crippen molar-refractivity contribution >= 4 is 33.8 Å². The zero-order chi connectivity index (χ0) is 26.6. The summed E-state index contributed by atoms with van der Waals surface area (Å²) in [5.41, 5.74) is 3.86. The number of nitriles is 1. The molecule has 4 N–H and O–H groups in total. The molecule has 1 aromatic heterocycles. The van der Waals surface area contributed by atoms with Crippen LogP contribution in [0, 0.1) is 11.3 Å². The van der Waals surface area contributed by atoms with Crippen LogP contribution in [-0.2, 0) is 17.6 Å². The zero-order valence-corrected chi connectivity index (χ0v) is 21.6. The number of ether oxygens (including phenoxy) is 1. The van der Waals surface area contributed by atoms with Crippen molar-refractivity contribution < 1.29 is 14.6 Å². The molecule has 194 valence electrons. The third-order valence-corrected chi connectivity index (χ3v) is 6.34. The number of amides is 1. The van der Waals surface area contributed by atoms with Crippen molar-refractivity contribution in [2.24, 2.45) is 0 Å². The molecular weight excluding hydrogens is 498 g/mol. The van der Waals surface area contributed by atoms with E-state index in [4.69, 9.17) is 10.00 Å². The number of nitrogens with zero attached hydrogens (tertiary/aromatic N) is 2. The molecule has 0 fully saturated rings. The summed E-state index contributed by atoms with van der Waals surface area (Å²) in [7, 11) is 0. The molecule has 0 spiro atoms. The van der Waals surface area contributed by atoms with Gasteiger partial charge in [0.05, 0.1) is 23.7 Å². The minimum atomic E-state index is -0.591. The van der Waals surface area contributed by atoms with Crippen LogP contribution in [0.1, 0.15) is 16.8 Å². The minimum absolute atomic E-state index is 0.144. The summed E-state index contributed by atoms with van der Waals surface area (Å²) in [5.74, 6) is 0.598. The predicted octanol–water partition coefficient (Wildman–Crippen LogP) is 4.51. The standard InChI is InChI=1S/C29H29N5O3S/c30-17-22-5-4-6-24(15-22)33-29-34-25(20-38-29)16-28(36)32-23-11-9-21(10-12-23)13-14-31-18-26(35)19-37-27-7-2-1-3-8-27/h1-12,15,20,26,31,35H,13-14,16,18-19H2,(H,32,36)(H,33,34)/t26-/m0/s1. The van der Waals surface area contributed by atoms with Gasteiger partial charge in [-0.05, 0) is 61.0 Å². The van der Waals surface area contributed by atoms with Gasteiger partial charge in [0.15, 0.2) is 5.13 Å². The number of benzene rings is 3. The van der Waals surface area contributed by atoms with Crippen LogP contribution in [0.5, 0.6) is 5.75 Å². The van der Waals surface area contributed by atoms with Gasteiger partial charge in [-0.1, -0.05) is 36.4 Å². The molecule has 9 heteroatoms. The number of carbonyl (C=O) groups excluding carboxylic acids is 1. The first-order valence-corrected chi connectivity index (χ1v) is 13.1. The maximum atomic E-state index is 12.5. The normalized spacial score (nSPS) is 11.4. The Morgan fingerprint density at radius 1 is 1.05 bits per heavy atom. The number of aromatic nitrogens is 1. The number of carbonyl (C=O) groups is 1. The van der Waals surface area contributed by atoms with Crippen LogP contribution in [0.3, 0.4) is 0 Å². The van der Waals surface area contributed by atoms with E-state index in [9.17, 15) is 9.90 Å². The third kappa shape index (κ3) is 8.71. The topological polar surface area (TPSA) is 119 Å². The summed E-state index contributed by atoms with van der Waals surface area (Å²) in [5, 5.41) is 30.9. The Balaban J connectivity index is 1.14. The van der Waals surface area contributed by atoms with Crippen LogP contribution in [0.2, 0.25) is 0 Å². The van der Waals surface area contributed by atoms with Crippen LogP contribution in [0.15, 0.2) is 84.2 Å².